The van der Waals surface area contributed by atoms with Crippen molar-refractivity contribution in [2.24, 2.45) is 11.8 Å². The Morgan fingerprint density at radius 3 is 2.68 bits per heavy atom. The average Bonchev–Trinajstić information content (AvgIpc) is 3.54. The molecule has 1 amide bonds. The SMILES string of the molecule is C[C@H]1[C@@H](NC(=S)NNC(=O)c2cc(C3CC3)nc3ccccc23)CCC[C@@H]1C. The number of hydrogen-bond donors (Lipinski definition) is 3. The molecule has 2 fully saturated rings. The Labute approximate surface area is 171 Å². The van der Waals surface area contributed by atoms with Crippen LogP contribution in [0.1, 0.15) is 67.9 Å². The monoisotopic (exact) mass is 396 g/mol. The van der Waals surface area contributed by atoms with Gasteiger partial charge in [-0.05, 0) is 55.4 Å². The van der Waals surface area contributed by atoms with Crippen molar-refractivity contribution in [3.8, 4) is 0 Å². The van der Waals surface area contributed by atoms with Crippen LogP contribution < -0.4 is 16.2 Å². The van der Waals surface area contributed by atoms with E-state index >= 15 is 0 Å². The minimum absolute atomic E-state index is 0.185. The largest absolute Gasteiger partial charge is 0.358 e. The summed E-state index contributed by atoms with van der Waals surface area (Å²) in [4.78, 5) is 17.6. The number of rotatable bonds is 3. The number of carbonyl (C=O) groups excluding carboxylic acids is 1. The fraction of sp³-hybridized carbons (Fsp3) is 0.500. The number of amides is 1. The van der Waals surface area contributed by atoms with Crippen LogP contribution in [0.3, 0.4) is 0 Å². The summed E-state index contributed by atoms with van der Waals surface area (Å²) in [6.45, 7) is 4.56. The summed E-state index contributed by atoms with van der Waals surface area (Å²) in [6, 6.07) is 10.1. The molecule has 1 aromatic carbocycles. The van der Waals surface area contributed by atoms with Crippen molar-refractivity contribution < 1.29 is 4.79 Å². The maximum absolute atomic E-state index is 12.9. The van der Waals surface area contributed by atoms with E-state index in [0.29, 0.717) is 34.5 Å². The van der Waals surface area contributed by atoms with Gasteiger partial charge in [0.15, 0.2) is 5.11 Å². The van der Waals surface area contributed by atoms with E-state index in [1.807, 2.05) is 30.3 Å². The molecule has 0 unspecified atom stereocenters. The lowest BCUT2D eigenvalue weighted by Gasteiger charge is -2.35. The van der Waals surface area contributed by atoms with E-state index in [-0.39, 0.29) is 5.91 Å². The van der Waals surface area contributed by atoms with Gasteiger partial charge in [-0.1, -0.05) is 44.9 Å². The normalized spacial score (nSPS) is 24.6. The number of thiocarbonyl (C=S) groups is 1. The highest BCUT2D eigenvalue weighted by Gasteiger charge is 2.28. The molecule has 0 spiro atoms. The third-order valence-electron chi connectivity index (χ3n) is 6.29. The fourth-order valence-corrected chi connectivity index (χ4v) is 4.35. The molecular weight excluding hydrogens is 368 g/mol. The van der Waals surface area contributed by atoms with Crippen LogP contribution in [0.5, 0.6) is 0 Å². The number of benzene rings is 1. The van der Waals surface area contributed by atoms with Crippen LogP contribution in [0.4, 0.5) is 0 Å². The van der Waals surface area contributed by atoms with Gasteiger partial charge in [-0.3, -0.25) is 20.6 Å². The molecule has 0 saturated heterocycles. The van der Waals surface area contributed by atoms with Crippen molar-refractivity contribution in [2.75, 3.05) is 0 Å². The summed E-state index contributed by atoms with van der Waals surface area (Å²) >= 11 is 5.42. The number of nitrogens with one attached hydrogen (secondary N) is 3. The van der Waals surface area contributed by atoms with Gasteiger partial charge >= 0.3 is 0 Å². The molecule has 6 heteroatoms. The second-order valence-electron chi connectivity index (χ2n) is 8.31. The van der Waals surface area contributed by atoms with E-state index < -0.39 is 0 Å². The predicted octanol–water partition coefficient (Wildman–Crippen LogP) is 4.05. The van der Waals surface area contributed by atoms with Crippen LogP contribution in [0, 0.1) is 11.8 Å². The van der Waals surface area contributed by atoms with Crippen LogP contribution >= 0.6 is 12.2 Å². The van der Waals surface area contributed by atoms with Crippen LogP contribution in [-0.4, -0.2) is 22.0 Å². The van der Waals surface area contributed by atoms with Crippen molar-refractivity contribution in [2.45, 2.75) is 57.9 Å². The zero-order chi connectivity index (χ0) is 19.7. The Hall–Kier alpha value is -2.21. The van der Waals surface area contributed by atoms with Crippen LogP contribution in [-0.2, 0) is 0 Å². The van der Waals surface area contributed by atoms with E-state index in [1.165, 1.54) is 12.8 Å². The maximum atomic E-state index is 12.9. The number of aromatic nitrogens is 1. The molecule has 2 aliphatic carbocycles. The highest BCUT2D eigenvalue weighted by molar-refractivity contribution is 7.80. The number of pyridine rings is 1. The van der Waals surface area contributed by atoms with Crippen LogP contribution in [0.2, 0.25) is 0 Å². The first kappa shape index (κ1) is 19.1. The van der Waals surface area contributed by atoms with E-state index in [0.717, 1.165) is 35.9 Å². The van der Waals surface area contributed by atoms with E-state index in [4.69, 9.17) is 17.2 Å². The maximum Gasteiger partial charge on any atom is 0.270 e. The Morgan fingerprint density at radius 2 is 1.89 bits per heavy atom. The van der Waals surface area contributed by atoms with Gasteiger partial charge in [-0.15, -0.1) is 0 Å². The smallest absolute Gasteiger partial charge is 0.270 e. The standard InChI is InChI=1S/C22H28N4OS/c1-13-6-5-9-18(14(13)2)24-22(28)26-25-21(27)17-12-20(15-10-11-15)23-19-8-4-3-7-16(17)19/h3-4,7-8,12-15,18H,5-6,9-11H2,1-2H3,(H,25,27)(H2,24,26,28)/t13-,14+,18-/m0/s1. The molecule has 2 saturated carbocycles. The fourth-order valence-electron chi connectivity index (χ4n) is 4.14. The van der Waals surface area contributed by atoms with E-state index in [9.17, 15) is 4.79 Å². The minimum atomic E-state index is -0.185. The molecule has 0 radical (unpaired) electrons. The predicted molar refractivity (Wildman–Crippen MR) is 116 cm³/mol. The van der Waals surface area contributed by atoms with Gasteiger partial charge < -0.3 is 5.32 Å². The summed E-state index contributed by atoms with van der Waals surface area (Å²) in [5.74, 6) is 1.55. The quantitative estimate of drug-likeness (QED) is 0.540. The number of para-hydroxylation sites is 1. The molecule has 0 aliphatic heterocycles. The van der Waals surface area contributed by atoms with Crippen molar-refractivity contribution >= 4 is 34.1 Å². The molecule has 2 aliphatic rings. The third-order valence-corrected chi connectivity index (χ3v) is 6.51. The van der Waals surface area contributed by atoms with Crippen LogP contribution in [0.15, 0.2) is 30.3 Å². The number of hydrazine groups is 1. The summed E-state index contributed by atoms with van der Waals surface area (Å²) in [5, 5.41) is 4.71. The molecular formula is C22H28N4OS. The van der Waals surface area contributed by atoms with Crippen molar-refractivity contribution in [3.05, 3.63) is 41.6 Å². The molecule has 28 heavy (non-hydrogen) atoms. The topological polar surface area (TPSA) is 66.0 Å². The van der Waals surface area contributed by atoms with E-state index in [2.05, 4.69) is 30.0 Å². The van der Waals surface area contributed by atoms with Gasteiger partial charge in [0.2, 0.25) is 0 Å². The van der Waals surface area contributed by atoms with Gasteiger partial charge in [0, 0.05) is 23.0 Å². The summed E-state index contributed by atoms with van der Waals surface area (Å²) in [5.41, 5.74) is 8.18. The average molecular weight is 397 g/mol. The summed E-state index contributed by atoms with van der Waals surface area (Å²) < 4.78 is 0. The molecule has 3 atom stereocenters. The second kappa shape index (κ2) is 8.03. The van der Waals surface area contributed by atoms with Gasteiger partial charge in [0.25, 0.3) is 5.91 Å². The lowest BCUT2D eigenvalue weighted by Crippen LogP contribution is -2.52. The Morgan fingerprint density at radius 1 is 1.11 bits per heavy atom. The van der Waals surface area contributed by atoms with Gasteiger partial charge in [-0.2, -0.15) is 0 Å². The minimum Gasteiger partial charge on any atom is -0.358 e. The first-order chi connectivity index (χ1) is 13.5. The molecule has 5 nitrogen and oxygen atoms in total. The first-order valence-corrected chi connectivity index (χ1v) is 10.7. The molecule has 1 heterocycles. The lowest BCUT2D eigenvalue weighted by molar-refractivity contribution is 0.0944. The Bertz CT molecular complexity index is 895. The molecule has 2 aromatic rings. The Balaban J connectivity index is 1.43. The van der Waals surface area contributed by atoms with E-state index in [1.54, 1.807) is 0 Å². The number of fused-ring (bicyclic) bond motifs is 1. The highest BCUT2D eigenvalue weighted by Crippen LogP contribution is 2.40. The van der Waals surface area contributed by atoms with Crippen molar-refractivity contribution in [1.82, 2.24) is 21.2 Å². The summed E-state index contributed by atoms with van der Waals surface area (Å²) in [7, 11) is 0. The first-order valence-electron chi connectivity index (χ1n) is 10.3. The number of nitrogens with zero attached hydrogens (tertiary/aromatic N) is 1. The highest BCUT2D eigenvalue weighted by atomic mass is 32.1. The lowest BCUT2D eigenvalue weighted by atomic mass is 9.78. The number of carbonyl (C=O) groups is 1. The number of hydrogen-bond acceptors (Lipinski definition) is 3. The van der Waals surface area contributed by atoms with Gasteiger partial charge in [-0.25, -0.2) is 0 Å². The molecule has 0 bridgehead atoms. The second-order valence-corrected chi connectivity index (χ2v) is 8.72. The van der Waals surface area contributed by atoms with Crippen molar-refractivity contribution in [1.29, 1.82) is 0 Å². The zero-order valence-corrected chi connectivity index (χ0v) is 17.3. The molecule has 4 rings (SSSR count). The Kier molecular flexibility index (Phi) is 5.49. The summed E-state index contributed by atoms with van der Waals surface area (Å²) in [6.07, 6.45) is 5.90. The zero-order valence-electron chi connectivity index (χ0n) is 16.5. The molecule has 3 N–H and O–H groups in total. The van der Waals surface area contributed by atoms with Crippen LogP contribution in [0.25, 0.3) is 10.9 Å². The molecule has 1 aromatic heterocycles. The van der Waals surface area contributed by atoms with Gasteiger partial charge in [0.05, 0.1) is 11.1 Å². The van der Waals surface area contributed by atoms with Gasteiger partial charge in [0.1, 0.15) is 0 Å². The van der Waals surface area contributed by atoms with Crippen molar-refractivity contribution in [3.63, 3.8) is 0 Å². The molecule has 148 valence electrons. The third kappa shape index (κ3) is 4.12.